The van der Waals surface area contributed by atoms with Crippen molar-refractivity contribution in [2.24, 2.45) is 5.41 Å². The van der Waals surface area contributed by atoms with Gasteiger partial charge in [-0.05, 0) is 35.8 Å². The Labute approximate surface area is 119 Å². The fourth-order valence-corrected chi connectivity index (χ4v) is 2.41. The number of rotatable bonds is 2. The van der Waals surface area contributed by atoms with E-state index in [0.29, 0.717) is 29.7 Å². The molecule has 1 unspecified atom stereocenters. The lowest BCUT2D eigenvalue weighted by Crippen LogP contribution is -2.37. The number of carboxylic acid groups (broad SMARTS) is 1. The summed E-state index contributed by atoms with van der Waals surface area (Å²) in [5, 5.41) is 19.4. The number of carbonyl (C=O) groups excluding carboxylic acids is 1. The first-order chi connectivity index (χ1) is 9.99. The molecule has 1 aromatic heterocycles. The van der Waals surface area contributed by atoms with E-state index in [1.165, 1.54) is 4.90 Å². The molecule has 2 aromatic rings. The summed E-state index contributed by atoms with van der Waals surface area (Å²) in [6.45, 7) is 2.23. The summed E-state index contributed by atoms with van der Waals surface area (Å²) in [7, 11) is 0. The number of aromatic nitrogens is 2. The molecule has 0 aliphatic carbocycles. The van der Waals surface area contributed by atoms with Crippen LogP contribution in [0, 0.1) is 5.41 Å². The quantitative estimate of drug-likeness (QED) is 0.868. The molecule has 0 saturated carbocycles. The number of hydrogen-bond donors (Lipinski definition) is 2. The van der Waals surface area contributed by atoms with Crippen LogP contribution < -0.4 is 5.32 Å². The Morgan fingerprint density at radius 2 is 2.24 bits per heavy atom. The molecule has 21 heavy (non-hydrogen) atoms. The second-order valence-corrected chi connectivity index (χ2v) is 5.41. The van der Waals surface area contributed by atoms with E-state index in [-0.39, 0.29) is 12.6 Å². The molecule has 1 aliphatic heterocycles. The molecule has 1 aromatic carbocycles. The average molecular weight is 290 g/mol. The van der Waals surface area contributed by atoms with E-state index in [9.17, 15) is 14.7 Å². The molecule has 0 spiro atoms. The molecule has 0 bridgehead atoms. The van der Waals surface area contributed by atoms with Crippen molar-refractivity contribution in [2.75, 3.05) is 18.4 Å². The minimum atomic E-state index is -0.890. The Bertz CT molecular complexity index is 713. The van der Waals surface area contributed by atoms with Crippen molar-refractivity contribution in [3.8, 4) is 0 Å². The van der Waals surface area contributed by atoms with Crippen LogP contribution in [0.4, 0.5) is 10.5 Å². The summed E-state index contributed by atoms with van der Waals surface area (Å²) in [4.78, 5) is 24.9. The fraction of sp³-hybridized carbons (Fsp3) is 0.385. The Morgan fingerprint density at radius 3 is 2.95 bits per heavy atom. The lowest BCUT2D eigenvalue weighted by Gasteiger charge is -2.20. The number of hydrogen-bond acceptors (Lipinski definition) is 5. The number of carbonyl (C=O) groups is 2. The number of nitrogens with zero attached hydrogens (tertiary/aromatic N) is 3. The van der Waals surface area contributed by atoms with Crippen LogP contribution in [0.25, 0.3) is 11.0 Å². The Morgan fingerprint density at radius 1 is 1.43 bits per heavy atom. The molecule has 2 N–H and O–H groups in total. The Kier molecular flexibility index (Phi) is 3.00. The normalized spacial score (nSPS) is 21.7. The van der Waals surface area contributed by atoms with Gasteiger partial charge >= 0.3 is 12.0 Å². The molecule has 8 nitrogen and oxygen atoms in total. The molecule has 3 rings (SSSR count). The standard InChI is InChI=1S/C13H14N4O4/c1-13(11(18)19)5-6-17(7-13)12(20)14-8-3-2-4-9-10(8)16-21-15-9/h2-4H,5-7H2,1H3,(H,14,20)(H,18,19). The van der Waals surface area contributed by atoms with Crippen LogP contribution in [0.1, 0.15) is 13.3 Å². The molecular formula is C13H14N4O4. The van der Waals surface area contributed by atoms with Crippen LogP contribution in [0.3, 0.4) is 0 Å². The van der Waals surface area contributed by atoms with Crippen molar-refractivity contribution in [1.29, 1.82) is 0 Å². The first kappa shape index (κ1) is 13.3. The SMILES string of the molecule is CC1(C(=O)O)CCN(C(=O)Nc2cccc3nonc23)C1. The van der Waals surface area contributed by atoms with Crippen molar-refractivity contribution in [2.45, 2.75) is 13.3 Å². The molecule has 1 atom stereocenters. The van der Waals surface area contributed by atoms with Crippen LogP contribution in [0.2, 0.25) is 0 Å². The van der Waals surface area contributed by atoms with Gasteiger partial charge in [-0.3, -0.25) is 4.79 Å². The summed E-state index contributed by atoms with van der Waals surface area (Å²) < 4.78 is 4.63. The Hall–Kier alpha value is -2.64. The second-order valence-electron chi connectivity index (χ2n) is 5.41. The highest BCUT2D eigenvalue weighted by Gasteiger charge is 2.42. The van der Waals surface area contributed by atoms with E-state index in [4.69, 9.17) is 0 Å². The maximum atomic E-state index is 12.2. The minimum absolute atomic E-state index is 0.182. The molecule has 110 valence electrons. The number of benzene rings is 1. The predicted octanol–water partition coefficient (Wildman–Crippen LogP) is 1.55. The van der Waals surface area contributed by atoms with E-state index in [1.54, 1.807) is 25.1 Å². The zero-order valence-corrected chi connectivity index (χ0v) is 11.4. The number of aliphatic carboxylic acids is 1. The van der Waals surface area contributed by atoms with Gasteiger partial charge in [0, 0.05) is 13.1 Å². The van der Waals surface area contributed by atoms with E-state index < -0.39 is 11.4 Å². The number of amides is 2. The lowest BCUT2D eigenvalue weighted by molar-refractivity contribution is -0.146. The van der Waals surface area contributed by atoms with E-state index in [2.05, 4.69) is 20.3 Å². The van der Waals surface area contributed by atoms with Crippen molar-refractivity contribution in [3.63, 3.8) is 0 Å². The van der Waals surface area contributed by atoms with Crippen molar-refractivity contribution in [1.82, 2.24) is 15.2 Å². The van der Waals surface area contributed by atoms with Crippen LogP contribution >= 0.6 is 0 Å². The van der Waals surface area contributed by atoms with Gasteiger partial charge in [-0.2, -0.15) is 0 Å². The van der Waals surface area contributed by atoms with Crippen molar-refractivity contribution < 1.29 is 19.3 Å². The number of carboxylic acids is 1. The molecule has 1 aliphatic rings. The molecule has 1 fully saturated rings. The zero-order valence-electron chi connectivity index (χ0n) is 11.4. The van der Waals surface area contributed by atoms with E-state index in [0.717, 1.165) is 0 Å². The summed E-state index contributed by atoms with van der Waals surface area (Å²) in [5.41, 5.74) is 0.608. The first-order valence-corrected chi connectivity index (χ1v) is 6.50. The predicted molar refractivity (Wildman–Crippen MR) is 72.8 cm³/mol. The minimum Gasteiger partial charge on any atom is -0.481 e. The van der Waals surface area contributed by atoms with Gasteiger partial charge in [0.05, 0.1) is 11.1 Å². The van der Waals surface area contributed by atoms with Crippen LogP contribution in [-0.2, 0) is 4.79 Å². The highest BCUT2D eigenvalue weighted by Crippen LogP contribution is 2.30. The van der Waals surface area contributed by atoms with Gasteiger partial charge in [-0.1, -0.05) is 6.07 Å². The summed E-state index contributed by atoms with van der Waals surface area (Å²) in [6, 6.07) is 4.79. The number of urea groups is 1. The van der Waals surface area contributed by atoms with Crippen LogP contribution in [0.15, 0.2) is 22.8 Å². The first-order valence-electron chi connectivity index (χ1n) is 6.50. The Balaban J connectivity index is 1.76. The lowest BCUT2D eigenvalue weighted by atomic mass is 9.90. The third-order valence-electron chi connectivity index (χ3n) is 3.80. The van der Waals surface area contributed by atoms with Crippen LogP contribution in [-0.4, -0.2) is 45.4 Å². The maximum Gasteiger partial charge on any atom is 0.321 e. The van der Waals surface area contributed by atoms with Crippen molar-refractivity contribution >= 4 is 28.7 Å². The molecular weight excluding hydrogens is 276 g/mol. The zero-order chi connectivity index (χ0) is 15.0. The molecule has 8 heteroatoms. The fourth-order valence-electron chi connectivity index (χ4n) is 2.41. The average Bonchev–Trinajstić information content (AvgIpc) is 3.06. The van der Waals surface area contributed by atoms with Gasteiger partial charge in [0.2, 0.25) is 0 Å². The van der Waals surface area contributed by atoms with Gasteiger partial charge in [0.25, 0.3) is 0 Å². The topological polar surface area (TPSA) is 109 Å². The van der Waals surface area contributed by atoms with Gasteiger partial charge in [-0.15, -0.1) is 0 Å². The molecule has 2 amide bonds. The van der Waals surface area contributed by atoms with E-state index in [1.807, 2.05) is 0 Å². The van der Waals surface area contributed by atoms with Crippen LogP contribution in [0.5, 0.6) is 0 Å². The smallest absolute Gasteiger partial charge is 0.321 e. The number of nitrogens with one attached hydrogen (secondary N) is 1. The van der Waals surface area contributed by atoms with Gasteiger partial charge in [0.1, 0.15) is 5.52 Å². The summed E-state index contributed by atoms with van der Waals surface area (Å²) in [6.07, 6.45) is 0.436. The molecule has 0 radical (unpaired) electrons. The third-order valence-corrected chi connectivity index (χ3v) is 3.80. The molecule has 2 heterocycles. The molecule has 1 saturated heterocycles. The van der Waals surface area contributed by atoms with E-state index >= 15 is 0 Å². The number of fused-ring (bicyclic) bond motifs is 1. The highest BCUT2D eigenvalue weighted by molar-refractivity contribution is 5.98. The van der Waals surface area contributed by atoms with Crippen molar-refractivity contribution in [3.05, 3.63) is 18.2 Å². The highest BCUT2D eigenvalue weighted by atomic mass is 16.6. The summed E-state index contributed by atoms with van der Waals surface area (Å²) in [5.74, 6) is -0.888. The van der Waals surface area contributed by atoms with Gasteiger partial charge in [-0.25, -0.2) is 9.42 Å². The largest absolute Gasteiger partial charge is 0.481 e. The van der Waals surface area contributed by atoms with Gasteiger partial charge in [0.15, 0.2) is 5.52 Å². The number of anilines is 1. The van der Waals surface area contributed by atoms with Gasteiger partial charge < -0.3 is 15.3 Å². The monoisotopic (exact) mass is 290 g/mol. The number of likely N-dealkylation sites (tertiary alicyclic amines) is 1. The maximum absolute atomic E-state index is 12.2. The third kappa shape index (κ3) is 2.28. The second kappa shape index (κ2) is 4.72. The summed E-state index contributed by atoms with van der Waals surface area (Å²) >= 11 is 0.